The van der Waals surface area contributed by atoms with Gasteiger partial charge in [0.2, 0.25) is 0 Å². The molecule has 0 saturated carbocycles. The van der Waals surface area contributed by atoms with Gasteiger partial charge in [-0.25, -0.2) is 0 Å². The standard InChI is InChI=1S/C11H24N2S/c1-3-13(8-9-14-2)10-11-6-4-5-7-12-11/h11-12H,3-10H2,1-2H3. The zero-order chi connectivity index (χ0) is 10.2. The Hall–Kier alpha value is 0.270. The first-order valence-electron chi connectivity index (χ1n) is 5.81. The second-order valence-electron chi connectivity index (χ2n) is 4.03. The van der Waals surface area contributed by atoms with Crippen LogP contribution in [0.15, 0.2) is 0 Å². The second kappa shape index (κ2) is 7.55. The van der Waals surface area contributed by atoms with Crippen LogP contribution in [-0.2, 0) is 0 Å². The van der Waals surface area contributed by atoms with Crippen molar-refractivity contribution in [1.82, 2.24) is 10.2 Å². The van der Waals surface area contributed by atoms with Gasteiger partial charge in [0.15, 0.2) is 0 Å². The van der Waals surface area contributed by atoms with Crippen LogP contribution in [0.25, 0.3) is 0 Å². The lowest BCUT2D eigenvalue weighted by Crippen LogP contribution is -2.44. The predicted octanol–water partition coefficient (Wildman–Crippen LogP) is 1.81. The third kappa shape index (κ3) is 4.67. The molecule has 0 radical (unpaired) electrons. The van der Waals surface area contributed by atoms with Crippen molar-refractivity contribution in [3.63, 3.8) is 0 Å². The van der Waals surface area contributed by atoms with Crippen LogP contribution in [0.3, 0.4) is 0 Å². The van der Waals surface area contributed by atoms with Crippen molar-refractivity contribution < 1.29 is 0 Å². The van der Waals surface area contributed by atoms with Crippen LogP contribution in [0, 0.1) is 0 Å². The van der Waals surface area contributed by atoms with Gasteiger partial charge in [-0.2, -0.15) is 11.8 Å². The van der Waals surface area contributed by atoms with Crippen LogP contribution < -0.4 is 5.32 Å². The lowest BCUT2D eigenvalue weighted by molar-refractivity contribution is 0.244. The third-order valence-electron chi connectivity index (χ3n) is 2.95. The Kier molecular flexibility index (Phi) is 6.65. The average Bonchev–Trinajstić information content (AvgIpc) is 2.25. The van der Waals surface area contributed by atoms with Crippen molar-refractivity contribution in [2.75, 3.05) is 38.2 Å². The fourth-order valence-electron chi connectivity index (χ4n) is 1.99. The summed E-state index contributed by atoms with van der Waals surface area (Å²) in [5, 5.41) is 3.61. The van der Waals surface area contributed by atoms with Crippen LogP contribution in [-0.4, -0.2) is 49.1 Å². The Morgan fingerprint density at radius 2 is 2.29 bits per heavy atom. The van der Waals surface area contributed by atoms with E-state index in [2.05, 4.69) is 23.4 Å². The molecular weight excluding hydrogens is 192 g/mol. The van der Waals surface area contributed by atoms with Crippen molar-refractivity contribution in [1.29, 1.82) is 0 Å². The van der Waals surface area contributed by atoms with Gasteiger partial charge in [-0.15, -0.1) is 0 Å². The van der Waals surface area contributed by atoms with E-state index in [4.69, 9.17) is 0 Å². The van der Waals surface area contributed by atoms with Crippen molar-refractivity contribution in [3.8, 4) is 0 Å². The van der Waals surface area contributed by atoms with Crippen molar-refractivity contribution in [2.24, 2.45) is 0 Å². The van der Waals surface area contributed by atoms with Crippen molar-refractivity contribution >= 4 is 11.8 Å². The summed E-state index contributed by atoms with van der Waals surface area (Å²) in [7, 11) is 0. The van der Waals surface area contributed by atoms with E-state index in [0.29, 0.717) is 0 Å². The minimum absolute atomic E-state index is 0.755. The van der Waals surface area contributed by atoms with E-state index in [1.165, 1.54) is 51.2 Å². The molecule has 1 saturated heterocycles. The number of thioether (sulfide) groups is 1. The van der Waals surface area contributed by atoms with Crippen LogP contribution in [0.2, 0.25) is 0 Å². The smallest absolute Gasteiger partial charge is 0.0195 e. The average molecular weight is 216 g/mol. The number of nitrogens with one attached hydrogen (secondary N) is 1. The first kappa shape index (κ1) is 12.3. The summed E-state index contributed by atoms with van der Waals surface area (Å²) in [6.07, 6.45) is 6.34. The molecule has 0 aromatic heterocycles. The fourth-order valence-corrected chi connectivity index (χ4v) is 2.43. The highest BCUT2D eigenvalue weighted by atomic mass is 32.2. The summed E-state index contributed by atoms with van der Waals surface area (Å²) in [6.45, 7) is 7.18. The molecule has 1 fully saturated rings. The fraction of sp³-hybridized carbons (Fsp3) is 1.00. The van der Waals surface area contributed by atoms with E-state index in [9.17, 15) is 0 Å². The minimum atomic E-state index is 0.755. The van der Waals surface area contributed by atoms with Gasteiger partial charge in [0, 0.05) is 24.9 Å². The normalized spacial score (nSPS) is 22.9. The Morgan fingerprint density at radius 1 is 1.43 bits per heavy atom. The molecule has 0 aliphatic carbocycles. The summed E-state index contributed by atoms with van der Waals surface area (Å²) in [5.41, 5.74) is 0. The molecule has 84 valence electrons. The maximum Gasteiger partial charge on any atom is 0.0195 e. The van der Waals surface area contributed by atoms with Gasteiger partial charge < -0.3 is 10.2 Å². The Balaban J connectivity index is 2.16. The highest BCUT2D eigenvalue weighted by molar-refractivity contribution is 7.98. The SMILES string of the molecule is CCN(CCSC)CC1CCCCN1. The molecule has 1 atom stereocenters. The molecule has 1 heterocycles. The van der Waals surface area contributed by atoms with E-state index >= 15 is 0 Å². The van der Waals surface area contributed by atoms with Crippen LogP contribution >= 0.6 is 11.8 Å². The molecule has 1 rings (SSSR count). The molecule has 1 aliphatic rings. The zero-order valence-electron chi connectivity index (χ0n) is 9.59. The molecule has 0 aromatic carbocycles. The van der Waals surface area contributed by atoms with E-state index in [1.807, 2.05) is 11.8 Å². The van der Waals surface area contributed by atoms with Gasteiger partial charge in [0.25, 0.3) is 0 Å². The lowest BCUT2D eigenvalue weighted by atomic mass is 10.0. The molecule has 0 amide bonds. The largest absolute Gasteiger partial charge is 0.313 e. The zero-order valence-corrected chi connectivity index (χ0v) is 10.4. The molecule has 1 unspecified atom stereocenters. The van der Waals surface area contributed by atoms with E-state index in [-0.39, 0.29) is 0 Å². The molecule has 2 nitrogen and oxygen atoms in total. The van der Waals surface area contributed by atoms with Gasteiger partial charge in [-0.3, -0.25) is 0 Å². The molecule has 1 N–H and O–H groups in total. The van der Waals surface area contributed by atoms with Gasteiger partial charge in [0.1, 0.15) is 0 Å². The maximum absolute atomic E-state index is 3.61. The first-order valence-corrected chi connectivity index (χ1v) is 7.21. The predicted molar refractivity (Wildman–Crippen MR) is 66.1 cm³/mol. The molecule has 0 spiro atoms. The van der Waals surface area contributed by atoms with E-state index in [0.717, 1.165) is 6.04 Å². The summed E-state index contributed by atoms with van der Waals surface area (Å²) in [4.78, 5) is 2.57. The number of hydrogen-bond acceptors (Lipinski definition) is 3. The number of piperidine rings is 1. The maximum atomic E-state index is 3.61. The van der Waals surface area contributed by atoms with Crippen LogP contribution in [0.1, 0.15) is 26.2 Å². The first-order chi connectivity index (χ1) is 6.86. The quantitative estimate of drug-likeness (QED) is 0.729. The molecule has 1 aliphatic heterocycles. The van der Waals surface area contributed by atoms with Crippen LogP contribution in [0.4, 0.5) is 0 Å². The molecule has 0 aromatic rings. The molecule has 14 heavy (non-hydrogen) atoms. The topological polar surface area (TPSA) is 15.3 Å². The summed E-state index contributed by atoms with van der Waals surface area (Å²) >= 11 is 1.95. The van der Waals surface area contributed by atoms with Crippen molar-refractivity contribution in [3.05, 3.63) is 0 Å². The van der Waals surface area contributed by atoms with Crippen molar-refractivity contribution in [2.45, 2.75) is 32.2 Å². The minimum Gasteiger partial charge on any atom is -0.313 e. The summed E-state index contributed by atoms with van der Waals surface area (Å²) < 4.78 is 0. The van der Waals surface area contributed by atoms with E-state index in [1.54, 1.807) is 0 Å². The van der Waals surface area contributed by atoms with Gasteiger partial charge in [-0.05, 0) is 32.2 Å². The lowest BCUT2D eigenvalue weighted by Gasteiger charge is -2.29. The number of nitrogens with zero attached hydrogens (tertiary/aromatic N) is 1. The summed E-state index contributed by atoms with van der Waals surface area (Å²) in [5.74, 6) is 1.26. The summed E-state index contributed by atoms with van der Waals surface area (Å²) in [6, 6.07) is 0.755. The van der Waals surface area contributed by atoms with E-state index < -0.39 is 0 Å². The van der Waals surface area contributed by atoms with Crippen LogP contribution in [0.5, 0.6) is 0 Å². The molecular formula is C11H24N2S. The Bertz CT molecular complexity index is 135. The monoisotopic (exact) mass is 216 g/mol. The highest BCUT2D eigenvalue weighted by Crippen LogP contribution is 2.08. The van der Waals surface area contributed by atoms with Gasteiger partial charge in [-0.1, -0.05) is 13.3 Å². The molecule has 3 heteroatoms. The number of hydrogen-bond donors (Lipinski definition) is 1. The second-order valence-corrected chi connectivity index (χ2v) is 5.02. The molecule has 0 bridgehead atoms. The van der Waals surface area contributed by atoms with Gasteiger partial charge in [0.05, 0.1) is 0 Å². The Morgan fingerprint density at radius 3 is 2.86 bits per heavy atom. The van der Waals surface area contributed by atoms with Gasteiger partial charge >= 0.3 is 0 Å². The third-order valence-corrected chi connectivity index (χ3v) is 3.54. The Labute approximate surface area is 92.8 Å². The highest BCUT2D eigenvalue weighted by Gasteiger charge is 2.15. The number of likely N-dealkylation sites (N-methyl/N-ethyl adjacent to an activating group) is 1. The number of rotatable bonds is 6.